The highest BCUT2D eigenvalue weighted by Crippen LogP contribution is 1.79. The van der Waals surface area contributed by atoms with Crippen molar-refractivity contribution in [3.63, 3.8) is 0 Å². The molecular formula is C9H16N4O2. The molecule has 15 heavy (non-hydrogen) atoms. The van der Waals surface area contributed by atoms with Crippen LogP contribution in [0.3, 0.4) is 0 Å². The zero-order valence-electron chi connectivity index (χ0n) is 8.59. The summed E-state index contributed by atoms with van der Waals surface area (Å²) in [4.78, 5) is 9.27. The van der Waals surface area contributed by atoms with Crippen molar-refractivity contribution < 1.29 is 4.92 Å². The van der Waals surface area contributed by atoms with Gasteiger partial charge >= 0.3 is 0 Å². The minimum atomic E-state index is -1.03. The topological polar surface area (TPSA) is 93.2 Å². The van der Waals surface area contributed by atoms with Gasteiger partial charge in [0, 0.05) is 4.92 Å². The Hall–Kier alpha value is -1.50. The van der Waals surface area contributed by atoms with Gasteiger partial charge in [-0.3, -0.25) is 21.3 Å². The van der Waals surface area contributed by atoms with Crippen LogP contribution in [-0.2, 0) is 0 Å². The van der Waals surface area contributed by atoms with Gasteiger partial charge in [-0.15, -0.1) is 0 Å². The molecule has 0 aliphatic carbocycles. The van der Waals surface area contributed by atoms with Crippen LogP contribution in [0.25, 0.3) is 0 Å². The van der Waals surface area contributed by atoms with E-state index in [2.05, 4.69) is 10.9 Å². The van der Waals surface area contributed by atoms with E-state index in [4.69, 9.17) is 5.73 Å². The minimum absolute atomic E-state index is 0.128. The Morgan fingerprint density at radius 2 is 1.67 bits per heavy atom. The van der Waals surface area contributed by atoms with Gasteiger partial charge in [-0.05, 0) is 7.05 Å². The summed E-state index contributed by atoms with van der Waals surface area (Å²) in [6, 6.07) is 12.0. The molecule has 4 N–H and O–H groups in total. The molecule has 6 nitrogen and oxygen atoms in total. The number of nitro groups is 1. The molecule has 0 radical (unpaired) electrons. The Labute approximate surface area is 88.6 Å². The number of hydrazine groups is 1. The fourth-order valence-electron chi connectivity index (χ4n) is 0.666. The van der Waals surface area contributed by atoms with Crippen LogP contribution in [0.15, 0.2) is 36.4 Å². The first-order valence-corrected chi connectivity index (χ1v) is 4.47. The van der Waals surface area contributed by atoms with Crippen molar-refractivity contribution in [1.82, 2.24) is 10.9 Å². The molecular weight excluding hydrogens is 196 g/mol. The van der Waals surface area contributed by atoms with Crippen LogP contribution in [0, 0.1) is 10.1 Å². The second-order valence-electron chi connectivity index (χ2n) is 2.64. The van der Waals surface area contributed by atoms with Crippen LogP contribution in [0.1, 0.15) is 0 Å². The molecule has 1 atom stereocenters. The maximum Gasteiger partial charge on any atom is 0.277 e. The van der Waals surface area contributed by atoms with Crippen LogP contribution in [0.2, 0.25) is 0 Å². The lowest BCUT2D eigenvalue weighted by molar-refractivity contribution is -0.519. The molecule has 0 fully saturated rings. The largest absolute Gasteiger partial charge is 0.277 e. The molecule has 84 valence electrons. The number of nitrogens with two attached hydrogens (primary N) is 1. The lowest BCUT2D eigenvalue weighted by atomic mass is 10.4. The standard InChI is InChI=1S/C6H6.C3H10N4O2/c1-2-4-6-5-3-1;1-5-6-2-3(4)7(8)9/h1-6H;3,5-6H,2,4H2,1H3. The lowest BCUT2D eigenvalue weighted by Crippen LogP contribution is -2.43. The van der Waals surface area contributed by atoms with Crippen LogP contribution < -0.4 is 16.6 Å². The quantitative estimate of drug-likeness (QED) is 0.370. The summed E-state index contributed by atoms with van der Waals surface area (Å²) in [5.41, 5.74) is 10.0. The zero-order valence-corrected chi connectivity index (χ0v) is 8.59. The Morgan fingerprint density at radius 1 is 1.27 bits per heavy atom. The van der Waals surface area contributed by atoms with Gasteiger partial charge in [-0.2, -0.15) is 0 Å². The summed E-state index contributed by atoms with van der Waals surface area (Å²) in [6.07, 6.45) is -1.03. The molecule has 0 aromatic heterocycles. The first kappa shape index (κ1) is 13.5. The van der Waals surface area contributed by atoms with Crippen molar-refractivity contribution >= 4 is 0 Å². The molecule has 0 amide bonds. The van der Waals surface area contributed by atoms with E-state index in [1.165, 1.54) is 0 Å². The molecule has 0 aliphatic rings. The van der Waals surface area contributed by atoms with Crippen LogP contribution in [0.5, 0.6) is 0 Å². The van der Waals surface area contributed by atoms with Gasteiger partial charge in [-0.25, -0.2) is 5.43 Å². The summed E-state index contributed by atoms with van der Waals surface area (Å²) in [7, 11) is 1.62. The van der Waals surface area contributed by atoms with Gasteiger partial charge < -0.3 is 0 Å². The number of benzene rings is 1. The fraction of sp³-hybridized carbons (Fsp3) is 0.333. The first-order valence-electron chi connectivity index (χ1n) is 4.47. The molecule has 0 saturated heterocycles. The molecule has 0 saturated carbocycles. The van der Waals surface area contributed by atoms with E-state index < -0.39 is 11.1 Å². The molecule has 0 bridgehead atoms. The summed E-state index contributed by atoms with van der Waals surface area (Å²) >= 11 is 0. The van der Waals surface area contributed by atoms with Crippen LogP contribution in [0.4, 0.5) is 0 Å². The third-order valence-corrected chi connectivity index (χ3v) is 1.43. The zero-order chi connectivity index (χ0) is 11.5. The number of rotatable bonds is 4. The molecule has 1 rings (SSSR count). The van der Waals surface area contributed by atoms with Crippen molar-refractivity contribution in [2.45, 2.75) is 6.17 Å². The van der Waals surface area contributed by atoms with E-state index in [-0.39, 0.29) is 6.54 Å². The van der Waals surface area contributed by atoms with Crippen molar-refractivity contribution in [2.75, 3.05) is 13.6 Å². The Bertz CT molecular complexity index is 229. The summed E-state index contributed by atoms with van der Waals surface area (Å²) in [6.45, 7) is 0.128. The number of hydrogen-bond acceptors (Lipinski definition) is 5. The van der Waals surface area contributed by atoms with E-state index in [0.29, 0.717) is 0 Å². The van der Waals surface area contributed by atoms with Gasteiger partial charge in [0.25, 0.3) is 6.17 Å². The van der Waals surface area contributed by atoms with Crippen molar-refractivity contribution in [3.05, 3.63) is 46.5 Å². The normalized spacial score (nSPS) is 11.1. The highest BCUT2D eigenvalue weighted by molar-refractivity contribution is 4.99. The van der Waals surface area contributed by atoms with Gasteiger partial charge in [0.1, 0.15) is 0 Å². The molecule has 1 aromatic rings. The number of hydrogen-bond donors (Lipinski definition) is 3. The molecule has 6 heteroatoms. The SMILES string of the molecule is CNNCC(N)[N+](=O)[O-].c1ccccc1. The Morgan fingerprint density at radius 3 is 1.93 bits per heavy atom. The van der Waals surface area contributed by atoms with Crippen molar-refractivity contribution in [3.8, 4) is 0 Å². The van der Waals surface area contributed by atoms with Gasteiger partial charge in [0.2, 0.25) is 0 Å². The second kappa shape index (κ2) is 9.07. The van der Waals surface area contributed by atoms with E-state index in [9.17, 15) is 10.1 Å². The molecule has 0 aliphatic heterocycles. The number of nitrogens with zero attached hydrogens (tertiary/aromatic N) is 1. The molecule has 1 aromatic carbocycles. The first-order chi connectivity index (χ1) is 7.18. The summed E-state index contributed by atoms with van der Waals surface area (Å²) in [5, 5.41) is 9.82. The van der Waals surface area contributed by atoms with E-state index in [1.807, 2.05) is 36.4 Å². The predicted octanol–water partition coefficient (Wildman–Crippen LogP) is -0.0415. The molecule has 1 unspecified atom stereocenters. The van der Waals surface area contributed by atoms with Crippen molar-refractivity contribution in [1.29, 1.82) is 0 Å². The average Bonchev–Trinajstić information content (AvgIpc) is 2.29. The van der Waals surface area contributed by atoms with Gasteiger partial charge in [-0.1, -0.05) is 36.4 Å². The van der Waals surface area contributed by atoms with E-state index in [1.54, 1.807) is 7.05 Å². The smallest absolute Gasteiger partial charge is 0.267 e. The van der Waals surface area contributed by atoms with E-state index >= 15 is 0 Å². The van der Waals surface area contributed by atoms with Crippen LogP contribution >= 0.6 is 0 Å². The fourth-order valence-corrected chi connectivity index (χ4v) is 0.666. The highest BCUT2D eigenvalue weighted by Gasteiger charge is 2.10. The highest BCUT2D eigenvalue weighted by atomic mass is 16.6. The summed E-state index contributed by atoms with van der Waals surface area (Å²) in [5.74, 6) is 0. The average molecular weight is 212 g/mol. The Kier molecular flexibility index (Phi) is 8.16. The maximum absolute atomic E-state index is 9.82. The Balaban J connectivity index is 0.000000280. The lowest BCUT2D eigenvalue weighted by Gasteiger charge is -2.02. The predicted molar refractivity (Wildman–Crippen MR) is 58.5 cm³/mol. The number of nitrogens with one attached hydrogen (secondary N) is 2. The molecule has 0 heterocycles. The molecule has 0 spiro atoms. The third-order valence-electron chi connectivity index (χ3n) is 1.43. The monoisotopic (exact) mass is 212 g/mol. The second-order valence-corrected chi connectivity index (χ2v) is 2.64. The summed E-state index contributed by atoms with van der Waals surface area (Å²) < 4.78 is 0. The van der Waals surface area contributed by atoms with Crippen LogP contribution in [-0.4, -0.2) is 24.7 Å². The third kappa shape index (κ3) is 8.82. The van der Waals surface area contributed by atoms with E-state index in [0.717, 1.165) is 0 Å². The van der Waals surface area contributed by atoms with Crippen molar-refractivity contribution in [2.24, 2.45) is 5.73 Å². The van der Waals surface area contributed by atoms with Gasteiger partial charge in [0.05, 0.1) is 6.54 Å². The minimum Gasteiger partial charge on any atom is -0.267 e. The van der Waals surface area contributed by atoms with Gasteiger partial charge in [0.15, 0.2) is 0 Å². The maximum atomic E-state index is 9.82.